The van der Waals surface area contributed by atoms with Crippen LogP contribution in [0.5, 0.6) is 0 Å². The van der Waals surface area contributed by atoms with Crippen molar-refractivity contribution in [3.8, 4) is 0 Å². The number of aromatic amines is 1. The van der Waals surface area contributed by atoms with Gasteiger partial charge in [0.1, 0.15) is 0 Å². The minimum absolute atomic E-state index is 0.149. The Kier molecular flexibility index (Phi) is 10.9. The minimum Gasteiger partial charge on any atom is -0.365 e. The van der Waals surface area contributed by atoms with E-state index in [0.29, 0.717) is 28.9 Å². The van der Waals surface area contributed by atoms with Gasteiger partial charge >= 0.3 is 0 Å². The van der Waals surface area contributed by atoms with E-state index < -0.39 is 0 Å². The second-order valence-electron chi connectivity index (χ2n) is 10.8. The molecule has 6 rings (SSSR count). The minimum atomic E-state index is -0.149. The molecule has 0 aliphatic carbocycles. The quantitative estimate of drug-likeness (QED) is 0.264. The summed E-state index contributed by atoms with van der Waals surface area (Å²) in [6.07, 6.45) is 10.7. The molecular weight excluding hydrogens is 548 g/mol. The van der Waals surface area contributed by atoms with Gasteiger partial charge in [-0.25, -0.2) is 15.0 Å². The predicted molar refractivity (Wildman–Crippen MR) is 169 cm³/mol. The SMILES string of the molecule is Clc1nccnc1NC1CCN(Cc2ccccc2)CC1.O=c1[nH]ccnc1NC1CCN(Cc2ccccc2)CC1. The van der Waals surface area contributed by atoms with Crippen molar-refractivity contribution in [1.29, 1.82) is 0 Å². The highest BCUT2D eigenvalue weighted by Gasteiger charge is 2.21. The van der Waals surface area contributed by atoms with Crippen LogP contribution in [0.2, 0.25) is 5.15 Å². The van der Waals surface area contributed by atoms with Gasteiger partial charge < -0.3 is 15.6 Å². The number of aromatic nitrogens is 4. The highest BCUT2D eigenvalue weighted by molar-refractivity contribution is 6.31. The first-order valence-electron chi connectivity index (χ1n) is 14.7. The molecule has 0 saturated carbocycles. The first-order valence-corrected chi connectivity index (χ1v) is 15.1. The largest absolute Gasteiger partial charge is 0.365 e. The third-order valence-corrected chi connectivity index (χ3v) is 7.99. The smallest absolute Gasteiger partial charge is 0.290 e. The number of halogens is 1. The van der Waals surface area contributed by atoms with E-state index in [1.54, 1.807) is 24.8 Å². The summed E-state index contributed by atoms with van der Waals surface area (Å²) >= 11 is 6.03. The van der Waals surface area contributed by atoms with Crippen LogP contribution in [0.15, 0.2) is 90.2 Å². The summed E-state index contributed by atoms with van der Waals surface area (Å²) in [5.41, 5.74) is 2.58. The molecule has 0 unspecified atom stereocenters. The zero-order valence-electron chi connectivity index (χ0n) is 23.8. The van der Waals surface area contributed by atoms with E-state index in [2.05, 4.69) is 95.0 Å². The molecule has 2 aliphatic heterocycles. The molecule has 0 bridgehead atoms. The highest BCUT2D eigenvalue weighted by Crippen LogP contribution is 2.21. The zero-order valence-corrected chi connectivity index (χ0v) is 24.6. The van der Waals surface area contributed by atoms with Gasteiger partial charge in [0.15, 0.2) is 16.8 Å². The molecule has 0 amide bonds. The van der Waals surface area contributed by atoms with Crippen LogP contribution in [0, 0.1) is 0 Å². The number of anilines is 2. The van der Waals surface area contributed by atoms with Crippen molar-refractivity contribution in [2.75, 3.05) is 36.8 Å². The molecule has 4 aromatic rings. The van der Waals surface area contributed by atoms with Gasteiger partial charge in [0.25, 0.3) is 5.56 Å². The molecule has 0 atom stereocenters. The Labute approximate surface area is 252 Å². The van der Waals surface area contributed by atoms with Crippen LogP contribution >= 0.6 is 11.6 Å². The van der Waals surface area contributed by atoms with Crippen LogP contribution in [0.1, 0.15) is 36.8 Å². The van der Waals surface area contributed by atoms with Crippen LogP contribution in [-0.4, -0.2) is 68.0 Å². The van der Waals surface area contributed by atoms with Crippen LogP contribution in [0.3, 0.4) is 0 Å². The van der Waals surface area contributed by atoms with Gasteiger partial charge in [0.2, 0.25) is 0 Å². The lowest BCUT2D eigenvalue weighted by atomic mass is 10.0. The standard InChI is InChI=1S/C16H19ClN4.C16H20N4O/c17-15-16(19-9-8-18-15)20-14-6-10-21(11-7-14)12-13-4-2-1-3-5-13;21-16-15(17-8-9-18-16)19-14-6-10-20(11-7-14)12-13-4-2-1-3-5-13/h1-5,8-9,14H,6-7,10-12H2,(H,19,20);1-5,8-9,14H,6-7,10-12H2,(H,17,19)(H,18,21). The maximum Gasteiger partial charge on any atom is 0.290 e. The number of hydrogen-bond acceptors (Lipinski definition) is 8. The molecule has 3 N–H and O–H groups in total. The van der Waals surface area contributed by atoms with Gasteiger partial charge in [-0.05, 0) is 36.8 Å². The lowest BCUT2D eigenvalue weighted by molar-refractivity contribution is 0.211. The fourth-order valence-corrected chi connectivity index (χ4v) is 5.57. The molecule has 4 heterocycles. The van der Waals surface area contributed by atoms with E-state index in [1.807, 2.05) is 6.07 Å². The number of hydrogen-bond donors (Lipinski definition) is 3. The molecular formula is C32H39ClN8O. The molecule has 10 heteroatoms. The number of likely N-dealkylation sites (tertiary alicyclic amines) is 2. The maximum absolute atomic E-state index is 11.6. The number of nitrogens with zero attached hydrogens (tertiary/aromatic N) is 5. The average molecular weight is 587 g/mol. The van der Waals surface area contributed by atoms with E-state index in [1.165, 1.54) is 11.1 Å². The summed E-state index contributed by atoms with van der Waals surface area (Å²) in [5, 5.41) is 7.10. The Morgan fingerprint density at radius 1 is 0.690 bits per heavy atom. The van der Waals surface area contributed by atoms with Gasteiger partial charge in [0.05, 0.1) is 0 Å². The molecule has 2 aromatic carbocycles. The van der Waals surface area contributed by atoms with Crippen LogP contribution in [-0.2, 0) is 13.1 Å². The second kappa shape index (κ2) is 15.4. The van der Waals surface area contributed by atoms with E-state index in [9.17, 15) is 4.79 Å². The average Bonchev–Trinajstić information content (AvgIpc) is 3.03. The van der Waals surface area contributed by atoms with E-state index in [4.69, 9.17) is 11.6 Å². The summed E-state index contributed by atoms with van der Waals surface area (Å²) in [5.74, 6) is 1.12. The lowest BCUT2D eigenvalue weighted by Gasteiger charge is -2.32. The first kappa shape index (κ1) is 29.7. The zero-order chi connectivity index (χ0) is 29.0. The molecule has 220 valence electrons. The maximum atomic E-state index is 11.6. The summed E-state index contributed by atoms with van der Waals surface area (Å²) in [7, 11) is 0. The van der Waals surface area contributed by atoms with Crippen molar-refractivity contribution in [3.05, 3.63) is 112 Å². The Hall–Kier alpha value is -3.79. The molecule has 9 nitrogen and oxygen atoms in total. The van der Waals surface area contributed by atoms with E-state index >= 15 is 0 Å². The summed E-state index contributed by atoms with van der Waals surface area (Å²) in [6.45, 7) is 6.28. The number of piperidine rings is 2. The van der Waals surface area contributed by atoms with Crippen molar-refractivity contribution in [3.63, 3.8) is 0 Å². The van der Waals surface area contributed by atoms with Gasteiger partial charge in [0, 0.05) is 76.1 Å². The molecule has 2 aromatic heterocycles. The van der Waals surface area contributed by atoms with Crippen molar-refractivity contribution in [1.82, 2.24) is 29.7 Å². The Morgan fingerprint density at radius 3 is 1.67 bits per heavy atom. The first-order chi connectivity index (χ1) is 20.6. The topological polar surface area (TPSA) is 102 Å². The fourth-order valence-electron chi connectivity index (χ4n) is 5.41. The molecule has 0 spiro atoms. The number of H-pyrrole nitrogens is 1. The van der Waals surface area contributed by atoms with Crippen LogP contribution < -0.4 is 16.2 Å². The normalized spacial score (nSPS) is 16.8. The van der Waals surface area contributed by atoms with Gasteiger partial charge in [-0.2, -0.15) is 0 Å². The molecule has 0 radical (unpaired) electrons. The Balaban J connectivity index is 0.000000168. The third-order valence-electron chi connectivity index (χ3n) is 7.72. The van der Waals surface area contributed by atoms with Crippen LogP contribution in [0.4, 0.5) is 11.6 Å². The predicted octanol–water partition coefficient (Wildman–Crippen LogP) is 5.05. The second-order valence-corrected chi connectivity index (χ2v) is 11.2. The molecule has 2 saturated heterocycles. The molecule has 42 heavy (non-hydrogen) atoms. The van der Waals surface area contributed by atoms with Gasteiger partial charge in [-0.1, -0.05) is 72.3 Å². The molecule has 2 aliphatic rings. The third kappa shape index (κ3) is 9.11. The van der Waals surface area contributed by atoms with Crippen molar-refractivity contribution < 1.29 is 0 Å². The number of benzene rings is 2. The van der Waals surface area contributed by atoms with Gasteiger partial charge in [-0.15, -0.1) is 0 Å². The van der Waals surface area contributed by atoms with Crippen LogP contribution in [0.25, 0.3) is 0 Å². The van der Waals surface area contributed by atoms with E-state index in [-0.39, 0.29) is 5.56 Å². The van der Waals surface area contributed by atoms with Crippen molar-refractivity contribution in [2.24, 2.45) is 0 Å². The molecule has 2 fully saturated rings. The Morgan fingerprint density at radius 2 is 1.17 bits per heavy atom. The summed E-state index contributed by atoms with van der Waals surface area (Å²) < 4.78 is 0. The van der Waals surface area contributed by atoms with Crippen molar-refractivity contribution >= 4 is 23.2 Å². The summed E-state index contributed by atoms with van der Waals surface area (Å²) in [4.78, 5) is 31.6. The summed E-state index contributed by atoms with van der Waals surface area (Å²) in [6, 6.07) is 21.9. The fraction of sp³-hybridized carbons (Fsp3) is 0.375. The monoisotopic (exact) mass is 586 g/mol. The Bertz CT molecular complexity index is 1400. The highest BCUT2D eigenvalue weighted by atomic mass is 35.5. The number of rotatable bonds is 8. The van der Waals surface area contributed by atoms with E-state index in [0.717, 1.165) is 65.0 Å². The lowest BCUT2D eigenvalue weighted by Crippen LogP contribution is -2.39. The van der Waals surface area contributed by atoms with Gasteiger partial charge in [-0.3, -0.25) is 14.6 Å². The number of nitrogens with one attached hydrogen (secondary N) is 3. The van der Waals surface area contributed by atoms with Crippen molar-refractivity contribution in [2.45, 2.75) is 50.9 Å².